The maximum atomic E-state index is 10.9. The molecule has 0 bridgehead atoms. The Kier molecular flexibility index (Phi) is 8.05. The molecule has 5 heteroatoms. The molecule has 78 valence electrons. The molecule has 1 atom stereocenters. The van der Waals surface area contributed by atoms with Crippen LogP contribution in [0.3, 0.4) is 0 Å². The normalized spacial score (nSPS) is 12.5. The third kappa shape index (κ3) is 6.79. The Balaban J connectivity index is 3.44. The van der Waals surface area contributed by atoms with E-state index in [4.69, 9.17) is 4.74 Å². The van der Waals surface area contributed by atoms with Gasteiger partial charge in [0.25, 0.3) is 8.03 Å². The molecule has 0 heterocycles. The molecule has 0 saturated heterocycles. The fourth-order valence-corrected chi connectivity index (χ4v) is 1.37. The number of carbonyl (C=O) groups excluding carboxylic acids is 1. The van der Waals surface area contributed by atoms with E-state index >= 15 is 0 Å². The number of carbonyl (C=O) groups is 1. The van der Waals surface area contributed by atoms with E-state index in [-0.39, 0.29) is 6.61 Å². The van der Waals surface area contributed by atoms with Crippen molar-refractivity contribution >= 4 is 13.7 Å². The first-order valence-corrected chi connectivity index (χ1v) is 5.87. The minimum Gasteiger partial charge on any atom is -0.459 e. The number of ether oxygens (including phenoxy) is 1. The molecule has 0 N–H and O–H groups in total. The molecule has 0 saturated carbocycles. The summed E-state index contributed by atoms with van der Waals surface area (Å²) in [6.45, 7) is 4.37. The van der Waals surface area contributed by atoms with Crippen molar-refractivity contribution in [3.8, 4) is 0 Å². The monoisotopic (exact) mass is 208 g/mol. The molecule has 13 heavy (non-hydrogen) atoms. The highest BCUT2D eigenvalue weighted by atomic mass is 31.1. The van der Waals surface area contributed by atoms with Crippen LogP contribution >= 0.6 is 8.03 Å². The van der Waals surface area contributed by atoms with E-state index in [1.54, 1.807) is 6.92 Å². The summed E-state index contributed by atoms with van der Waals surface area (Å²) in [5.41, 5.74) is -0.706. The predicted octanol–water partition coefficient (Wildman–Crippen LogP) is 2.82. The zero-order valence-corrected chi connectivity index (χ0v) is 9.17. The van der Waals surface area contributed by atoms with Crippen molar-refractivity contribution < 1.29 is 18.6 Å². The summed E-state index contributed by atoms with van der Waals surface area (Å²) in [6, 6.07) is 0. The van der Waals surface area contributed by atoms with Crippen LogP contribution in [0.5, 0.6) is 0 Å². The number of unbranched alkanes of at least 4 members (excludes halogenated alkanes) is 2. The quantitative estimate of drug-likeness (QED) is 0.476. The van der Waals surface area contributed by atoms with Crippen LogP contribution in [0.1, 0.15) is 33.1 Å². The van der Waals surface area contributed by atoms with E-state index in [2.05, 4.69) is 11.4 Å². The standard InChI is InChI=1S/C8H17O4P/c1-3-5-6-7-11-8(9)13(10)12-4-2/h13H,3-7H2,1-2H3. The van der Waals surface area contributed by atoms with Crippen molar-refractivity contribution in [1.82, 2.24) is 0 Å². The Morgan fingerprint density at radius 2 is 2.00 bits per heavy atom. The molecule has 0 aliphatic rings. The molecule has 0 amide bonds. The predicted molar refractivity (Wildman–Crippen MR) is 51.5 cm³/mol. The van der Waals surface area contributed by atoms with E-state index in [1.165, 1.54) is 0 Å². The van der Waals surface area contributed by atoms with E-state index in [1.807, 2.05) is 0 Å². The fourth-order valence-electron chi connectivity index (χ4n) is 0.766. The van der Waals surface area contributed by atoms with Gasteiger partial charge in [-0.3, -0.25) is 4.57 Å². The van der Waals surface area contributed by atoms with Gasteiger partial charge in [-0.1, -0.05) is 19.8 Å². The lowest BCUT2D eigenvalue weighted by molar-refractivity contribution is 0.165. The molecule has 0 spiro atoms. The molecule has 0 aromatic heterocycles. The zero-order valence-electron chi connectivity index (χ0n) is 8.17. The van der Waals surface area contributed by atoms with Gasteiger partial charge in [0.2, 0.25) is 0 Å². The van der Waals surface area contributed by atoms with Crippen LogP contribution in [0.25, 0.3) is 0 Å². The van der Waals surface area contributed by atoms with Crippen molar-refractivity contribution in [2.24, 2.45) is 0 Å². The average Bonchev–Trinajstić information content (AvgIpc) is 2.12. The molecule has 0 radical (unpaired) electrons. The minimum atomic E-state index is -2.62. The molecular weight excluding hydrogens is 191 g/mol. The molecule has 4 nitrogen and oxygen atoms in total. The number of hydrogen-bond acceptors (Lipinski definition) is 4. The molecule has 0 aliphatic heterocycles. The van der Waals surface area contributed by atoms with Gasteiger partial charge < -0.3 is 9.26 Å². The number of rotatable bonds is 7. The van der Waals surface area contributed by atoms with Crippen LogP contribution in [0.2, 0.25) is 0 Å². The molecular formula is C8H17O4P. The smallest absolute Gasteiger partial charge is 0.388 e. The van der Waals surface area contributed by atoms with E-state index in [0.29, 0.717) is 6.61 Å². The second-order valence-electron chi connectivity index (χ2n) is 2.56. The lowest BCUT2D eigenvalue weighted by Crippen LogP contribution is -2.00. The molecule has 0 aromatic carbocycles. The van der Waals surface area contributed by atoms with Gasteiger partial charge in [0.05, 0.1) is 13.2 Å². The van der Waals surface area contributed by atoms with Crippen LogP contribution in [0.15, 0.2) is 0 Å². The Morgan fingerprint density at radius 3 is 2.54 bits per heavy atom. The van der Waals surface area contributed by atoms with Crippen molar-refractivity contribution in [3.05, 3.63) is 0 Å². The summed E-state index contributed by atoms with van der Waals surface area (Å²) < 4.78 is 20.3. The molecule has 0 rings (SSSR count). The van der Waals surface area contributed by atoms with Gasteiger partial charge in [-0.15, -0.1) is 0 Å². The van der Waals surface area contributed by atoms with E-state index in [9.17, 15) is 9.36 Å². The van der Waals surface area contributed by atoms with Crippen molar-refractivity contribution in [3.63, 3.8) is 0 Å². The summed E-state index contributed by atoms with van der Waals surface area (Å²) in [6.07, 6.45) is 2.91. The van der Waals surface area contributed by atoms with Gasteiger partial charge in [-0.05, 0) is 13.3 Å². The first kappa shape index (κ1) is 12.7. The SMILES string of the molecule is CCCCCOC(=O)[PH](=O)OCC. The largest absolute Gasteiger partial charge is 0.459 e. The van der Waals surface area contributed by atoms with Crippen LogP contribution in [0, 0.1) is 0 Å². The summed E-state index contributed by atoms with van der Waals surface area (Å²) >= 11 is 0. The fraction of sp³-hybridized carbons (Fsp3) is 0.875. The third-order valence-corrected chi connectivity index (χ3v) is 2.45. The summed E-state index contributed by atoms with van der Waals surface area (Å²) in [7, 11) is -2.62. The zero-order chi connectivity index (χ0) is 10.1. The average molecular weight is 208 g/mol. The Morgan fingerprint density at radius 1 is 1.31 bits per heavy atom. The minimum absolute atomic E-state index is 0.280. The Bertz CT molecular complexity index is 170. The Hall–Kier alpha value is -0.340. The van der Waals surface area contributed by atoms with Crippen LogP contribution in [-0.4, -0.2) is 18.9 Å². The second-order valence-corrected chi connectivity index (χ2v) is 3.84. The van der Waals surface area contributed by atoms with Gasteiger partial charge in [0, 0.05) is 0 Å². The highest BCUT2D eigenvalue weighted by Gasteiger charge is 2.11. The summed E-state index contributed by atoms with van der Waals surface area (Å²) in [4.78, 5) is 10.9. The maximum Gasteiger partial charge on any atom is 0.388 e. The topological polar surface area (TPSA) is 52.6 Å². The van der Waals surface area contributed by atoms with Crippen molar-refractivity contribution in [1.29, 1.82) is 0 Å². The van der Waals surface area contributed by atoms with E-state index < -0.39 is 13.7 Å². The van der Waals surface area contributed by atoms with Crippen molar-refractivity contribution in [2.45, 2.75) is 33.1 Å². The van der Waals surface area contributed by atoms with Gasteiger partial charge in [0.1, 0.15) is 0 Å². The summed E-state index contributed by atoms with van der Waals surface area (Å²) in [5.74, 6) is 0. The van der Waals surface area contributed by atoms with Crippen LogP contribution in [0.4, 0.5) is 4.79 Å². The first-order valence-electron chi connectivity index (χ1n) is 4.56. The lowest BCUT2D eigenvalue weighted by Gasteiger charge is -2.03. The second kappa shape index (κ2) is 8.27. The molecule has 0 aromatic rings. The molecule has 0 aliphatic carbocycles. The van der Waals surface area contributed by atoms with Gasteiger partial charge >= 0.3 is 5.71 Å². The lowest BCUT2D eigenvalue weighted by atomic mass is 10.3. The van der Waals surface area contributed by atoms with Crippen LogP contribution in [-0.2, 0) is 13.8 Å². The highest BCUT2D eigenvalue weighted by molar-refractivity contribution is 7.58. The molecule has 1 unspecified atom stereocenters. The van der Waals surface area contributed by atoms with Gasteiger partial charge in [-0.2, -0.15) is 0 Å². The maximum absolute atomic E-state index is 10.9. The first-order chi connectivity index (χ1) is 6.22. The van der Waals surface area contributed by atoms with Crippen molar-refractivity contribution in [2.75, 3.05) is 13.2 Å². The van der Waals surface area contributed by atoms with Crippen LogP contribution < -0.4 is 0 Å². The summed E-state index contributed by atoms with van der Waals surface area (Å²) in [5, 5.41) is 0. The van der Waals surface area contributed by atoms with E-state index in [0.717, 1.165) is 19.3 Å². The molecule has 0 fully saturated rings. The van der Waals surface area contributed by atoms with Gasteiger partial charge in [-0.25, -0.2) is 4.79 Å². The highest BCUT2D eigenvalue weighted by Crippen LogP contribution is 2.24. The third-order valence-electron chi connectivity index (χ3n) is 1.42. The Labute approximate surface area is 79.5 Å². The number of hydrogen-bond donors (Lipinski definition) is 0. The van der Waals surface area contributed by atoms with Gasteiger partial charge in [0.15, 0.2) is 0 Å².